The maximum absolute atomic E-state index is 7.24. The van der Waals surface area contributed by atoms with Crippen molar-refractivity contribution in [2.45, 2.75) is 168 Å². The molecule has 4 saturated carbocycles. The van der Waals surface area contributed by atoms with E-state index in [-0.39, 0.29) is 12.2 Å². The molecule has 2 saturated heterocycles. The number of hydrogen-bond acceptors (Lipinski definition) is 6. The molecule has 3 aromatic rings. The fraction of sp³-hybridized carbons (Fsp3) is 0.667. The van der Waals surface area contributed by atoms with Gasteiger partial charge in [-0.05, 0) is 121 Å². The Morgan fingerprint density at radius 2 is 1.32 bits per heavy atom. The first kappa shape index (κ1) is 42.7. The quantitative estimate of drug-likeness (QED) is 0.151. The molecule has 3 aromatic carbocycles. The van der Waals surface area contributed by atoms with Crippen LogP contribution in [0.25, 0.3) is 0 Å². The Balaban J connectivity index is 0.911. The predicted octanol–water partition coefficient (Wildman–Crippen LogP) is 12.5. The van der Waals surface area contributed by atoms with Gasteiger partial charge in [0.2, 0.25) is 0 Å². The highest BCUT2D eigenvalue weighted by atomic mass is 16.8. The van der Waals surface area contributed by atoms with Crippen molar-refractivity contribution in [2.75, 3.05) is 6.61 Å². The van der Waals surface area contributed by atoms with Gasteiger partial charge >= 0.3 is 0 Å². The van der Waals surface area contributed by atoms with Crippen LogP contribution in [0.2, 0.25) is 0 Å². The Hall–Kier alpha value is -2.58. The summed E-state index contributed by atoms with van der Waals surface area (Å²) in [5.41, 5.74) is 4.12. The molecule has 60 heavy (non-hydrogen) atoms. The molecule has 15 atom stereocenters. The Morgan fingerprint density at radius 1 is 0.667 bits per heavy atom. The van der Waals surface area contributed by atoms with Crippen molar-refractivity contribution in [1.82, 2.24) is 0 Å². The van der Waals surface area contributed by atoms with Gasteiger partial charge in [-0.25, -0.2) is 0 Å². The first-order chi connectivity index (χ1) is 29.2. The molecule has 2 heterocycles. The fourth-order valence-electron chi connectivity index (χ4n) is 13.9. The summed E-state index contributed by atoms with van der Waals surface area (Å²) < 4.78 is 41.2. The lowest BCUT2D eigenvalue weighted by Gasteiger charge is -2.61. The van der Waals surface area contributed by atoms with Crippen LogP contribution in [0.3, 0.4) is 0 Å². The highest BCUT2D eigenvalue weighted by Gasteiger charge is 2.61. The van der Waals surface area contributed by atoms with Gasteiger partial charge in [-0.1, -0.05) is 145 Å². The minimum absolute atomic E-state index is 0.109. The van der Waals surface area contributed by atoms with Gasteiger partial charge in [0.05, 0.1) is 25.9 Å². The molecule has 6 nitrogen and oxygen atoms in total. The first-order valence-corrected chi connectivity index (χ1v) is 24.1. The van der Waals surface area contributed by atoms with E-state index in [0.29, 0.717) is 36.6 Å². The van der Waals surface area contributed by atoms with Crippen molar-refractivity contribution in [3.05, 3.63) is 108 Å². The molecule has 4 aliphatic carbocycles. The smallest absolute Gasteiger partial charge is 0.187 e. The molecule has 6 heteroatoms. The highest BCUT2D eigenvalue weighted by Crippen LogP contribution is 2.68. The van der Waals surface area contributed by atoms with Crippen LogP contribution in [0.4, 0.5) is 0 Å². The topological polar surface area (TPSA) is 55.4 Å². The summed E-state index contributed by atoms with van der Waals surface area (Å²) in [5, 5.41) is 0. The molecule has 0 spiro atoms. The van der Waals surface area contributed by atoms with Gasteiger partial charge in [0.15, 0.2) is 12.6 Å². The summed E-state index contributed by atoms with van der Waals surface area (Å²) in [7, 11) is 0. The minimum Gasteiger partial charge on any atom is -0.368 e. The van der Waals surface area contributed by atoms with Crippen LogP contribution in [0, 0.1) is 52.3 Å². The molecular weight excluding hydrogens is 745 g/mol. The monoisotopic (exact) mass is 819 g/mol. The number of ether oxygens (including phenoxy) is 6. The van der Waals surface area contributed by atoms with E-state index >= 15 is 0 Å². The summed E-state index contributed by atoms with van der Waals surface area (Å²) in [4.78, 5) is 0. The fourth-order valence-corrected chi connectivity index (χ4v) is 13.9. The molecule has 0 radical (unpaired) electrons. The Labute approximate surface area is 361 Å². The van der Waals surface area contributed by atoms with Gasteiger partial charge in [-0.15, -0.1) is 0 Å². The van der Waals surface area contributed by atoms with E-state index < -0.39 is 30.9 Å². The van der Waals surface area contributed by atoms with Crippen LogP contribution in [-0.2, 0) is 41.6 Å². The van der Waals surface area contributed by atoms with Gasteiger partial charge in [0, 0.05) is 5.56 Å². The zero-order valence-electron chi connectivity index (χ0n) is 37.3. The van der Waals surface area contributed by atoms with Crippen LogP contribution in [-0.4, -0.2) is 43.4 Å². The normalized spacial score (nSPS) is 39.3. The Morgan fingerprint density at radius 3 is 2.02 bits per heavy atom. The van der Waals surface area contributed by atoms with E-state index in [1.54, 1.807) is 0 Å². The van der Waals surface area contributed by atoms with Crippen LogP contribution in [0.5, 0.6) is 0 Å². The van der Waals surface area contributed by atoms with E-state index in [4.69, 9.17) is 28.4 Å². The third-order valence-corrected chi connectivity index (χ3v) is 17.1. The van der Waals surface area contributed by atoms with Crippen molar-refractivity contribution in [2.24, 2.45) is 52.3 Å². The molecule has 0 aromatic heterocycles. The number of benzene rings is 3. The van der Waals surface area contributed by atoms with E-state index in [1.165, 1.54) is 64.2 Å². The third kappa shape index (κ3) is 8.82. The second-order valence-corrected chi connectivity index (χ2v) is 21.0. The number of fused-ring (bicyclic) bond motifs is 6. The minimum atomic E-state index is -0.602. The second kappa shape index (κ2) is 18.6. The molecule has 0 N–H and O–H groups in total. The third-order valence-electron chi connectivity index (χ3n) is 17.1. The summed E-state index contributed by atoms with van der Waals surface area (Å²) in [6, 6.07) is 31.0. The van der Waals surface area contributed by atoms with Gasteiger partial charge in [0.1, 0.15) is 24.4 Å². The number of rotatable bonds is 14. The van der Waals surface area contributed by atoms with E-state index in [0.717, 1.165) is 65.0 Å². The average molecular weight is 819 g/mol. The van der Waals surface area contributed by atoms with E-state index in [9.17, 15) is 0 Å². The lowest BCUT2D eigenvalue weighted by Crippen LogP contribution is -2.64. The van der Waals surface area contributed by atoms with Crippen molar-refractivity contribution >= 4 is 0 Å². The maximum Gasteiger partial charge on any atom is 0.187 e. The summed E-state index contributed by atoms with van der Waals surface area (Å²) in [5.74, 6) is 5.88. The van der Waals surface area contributed by atoms with E-state index in [1.807, 2.05) is 30.3 Å². The van der Waals surface area contributed by atoms with E-state index in [2.05, 4.69) is 95.3 Å². The average Bonchev–Trinajstić information content (AvgIpc) is 3.63. The Kier molecular flexibility index (Phi) is 13.3. The molecule has 1 unspecified atom stereocenters. The summed E-state index contributed by atoms with van der Waals surface area (Å²) >= 11 is 0. The van der Waals surface area contributed by atoms with Crippen molar-refractivity contribution < 1.29 is 28.4 Å². The molecule has 9 rings (SSSR count). The lowest BCUT2D eigenvalue weighted by molar-refractivity contribution is -0.379. The van der Waals surface area contributed by atoms with Crippen LogP contribution in [0.1, 0.15) is 135 Å². The van der Waals surface area contributed by atoms with Gasteiger partial charge < -0.3 is 28.4 Å². The van der Waals surface area contributed by atoms with Crippen molar-refractivity contribution in [3.8, 4) is 0 Å². The second-order valence-electron chi connectivity index (χ2n) is 21.0. The van der Waals surface area contributed by atoms with Gasteiger partial charge in [-0.2, -0.15) is 0 Å². The predicted molar refractivity (Wildman–Crippen MR) is 237 cm³/mol. The van der Waals surface area contributed by atoms with Crippen molar-refractivity contribution in [1.29, 1.82) is 0 Å². The highest BCUT2D eigenvalue weighted by molar-refractivity contribution is 5.18. The lowest BCUT2D eigenvalue weighted by atomic mass is 9.44. The van der Waals surface area contributed by atoms with Crippen LogP contribution < -0.4 is 0 Å². The molecule has 326 valence electrons. The first-order valence-electron chi connectivity index (χ1n) is 24.1. The maximum atomic E-state index is 7.24. The largest absolute Gasteiger partial charge is 0.368 e. The van der Waals surface area contributed by atoms with Crippen LogP contribution >= 0.6 is 0 Å². The Bertz CT molecular complexity index is 1790. The molecule has 2 aliphatic heterocycles. The molecule has 6 aliphatic rings. The zero-order chi connectivity index (χ0) is 41.3. The summed E-state index contributed by atoms with van der Waals surface area (Å²) in [6.45, 7) is 14.1. The van der Waals surface area contributed by atoms with Crippen LogP contribution in [0.15, 0.2) is 91.0 Å². The molecule has 0 amide bonds. The molecular formula is C54H74O6. The number of hydrogen-bond donors (Lipinski definition) is 0. The molecule has 0 bridgehead atoms. The summed E-state index contributed by atoms with van der Waals surface area (Å²) in [6.07, 6.45) is 13.4. The molecule has 6 fully saturated rings. The zero-order valence-corrected chi connectivity index (χ0v) is 37.3. The van der Waals surface area contributed by atoms with Gasteiger partial charge in [0.25, 0.3) is 0 Å². The van der Waals surface area contributed by atoms with Gasteiger partial charge in [-0.3, -0.25) is 0 Å². The van der Waals surface area contributed by atoms with Crippen molar-refractivity contribution in [3.63, 3.8) is 0 Å². The standard InChI is InChI=1S/C54H74O6/c1-36(2)16-15-17-37(3)44-26-27-45-43-25-24-41-32-42(28-30-53(41,4)46(43)29-31-54(44,45)5)58-52-50(56-34-39-20-11-7-12-21-39)49(55-33-38-18-9-6-10-19-38)48-47(59-52)35-57-51(60-48)40-22-13-8-14-23-40/h6-14,18-23,36-37,41-52H,15-17,24-35H2,1-5H3/t37-,41+,42+,43+,44-,45+,46+,47-,48+,49+,50-,51+,52?,53+,54-/m1/s1. The SMILES string of the molecule is CC(C)CCC[C@@H](C)[C@H]1CC[C@H]2[C@@H]3CC[C@H]4C[C@@H](OC5O[C@@H]6CO[C@H](c7ccccc7)O[C@@H]6[C@H](OCc6ccccc6)[C@H]5OCc5ccccc5)CC[C@]4(C)[C@H]3CC[C@]12C.